The molecule has 2 aromatic carbocycles. The highest BCUT2D eigenvalue weighted by atomic mass is 35.5. The van der Waals surface area contributed by atoms with Gasteiger partial charge in [-0.25, -0.2) is 4.79 Å². The van der Waals surface area contributed by atoms with Crippen LogP contribution in [0, 0.1) is 11.8 Å². The summed E-state index contributed by atoms with van der Waals surface area (Å²) in [5.41, 5.74) is 5.70. The van der Waals surface area contributed by atoms with Gasteiger partial charge in [0.2, 0.25) is 18.2 Å². The van der Waals surface area contributed by atoms with Gasteiger partial charge in [0.05, 0.1) is 24.2 Å². The van der Waals surface area contributed by atoms with Crippen molar-refractivity contribution in [3.8, 4) is 17.6 Å². The number of unbranched alkanes of at least 4 members (excludes halogenated alkanes) is 1. The van der Waals surface area contributed by atoms with E-state index in [4.69, 9.17) is 25.8 Å². The van der Waals surface area contributed by atoms with E-state index in [9.17, 15) is 28.8 Å². The number of nitrogens with one attached hydrogen (secondary N) is 2. The summed E-state index contributed by atoms with van der Waals surface area (Å²) in [7, 11) is 3.20. The molecule has 4 amide bonds. The first-order valence-corrected chi connectivity index (χ1v) is 20.8. The van der Waals surface area contributed by atoms with Crippen LogP contribution in [-0.2, 0) is 40.1 Å². The topological polar surface area (TPSA) is 187 Å². The van der Waals surface area contributed by atoms with Crippen molar-refractivity contribution < 1.29 is 43.0 Å². The summed E-state index contributed by atoms with van der Waals surface area (Å²) in [4.78, 5) is 71.7. The Bertz CT molecular complexity index is 1630. The highest BCUT2D eigenvalue weighted by Crippen LogP contribution is 2.29. The van der Waals surface area contributed by atoms with E-state index in [0.717, 1.165) is 31.8 Å². The van der Waals surface area contributed by atoms with Gasteiger partial charge in [-0.2, -0.15) is 0 Å². The number of halogens is 1. The van der Waals surface area contributed by atoms with Gasteiger partial charge in [-0.05, 0) is 78.1 Å². The minimum absolute atomic E-state index is 0.0849. The summed E-state index contributed by atoms with van der Waals surface area (Å²) in [6.07, 6.45) is 5.93. The third-order valence-electron chi connectivity index (χ3n) is 8.71. The van der Waals surface area contributed by atoms with Crippen molar-refractivity contribution in [3.05, 3.63) is 64.7 Å². The number of hydrogen-bond donors (Lipinski definition) is 3. The zero-order valence-electron chi connectivity index (χ0n) is 37.0. The van der Waals surface area contributed by atoms with Crippen molar-refractivity contribution in [3.63, 3.8) is 0 Å². The number of nitrogens with two attached hydrogens (primary N) is 1. The fourth-order valence-corrected chi connectivity index (χ4v) is 6.22. The van der Waals surface area contributed by atoms with E-state index >= 15 is 0 Å². The Morgan fingerprint density at radius 3 is 2.25 bits per heavy atom. The zero-order chi connectivity index (χ0) is 45.5. The van der Waals surface area contributed by atoms with Crippen molar-refractivity contribution in [2.75, 3.05) is 33.9 Å². The molecule has 2 saturated heterocycles. The molecule has 2 aliphatic heterocycles. The molecule has 4 rings (SSSR count). The van der Waals surface area contributed by atoms with Crippen molar-refractivity contribution in [2.45, 2.75) is 130 Å². The molecule has 2 fully saturated rings. The largest absolute Gasteiger partial charge is 0.490 e. The van der Waals surface area contributed by atoms with Crippen LogP contribution in [0.3, 0.4) is 0 Å². The van der Waals surface area contributed by atoms with E-state index in [1.54, 1.807) is 51.0 Å². The number of carbonyl (C=O) groups excluding carboxylic acids is 6. The first-order chi connectivity index (χ1) is 28.7. The van der Waals surface area contributed by atoms with Gasteiger partial charge in [-0.3, -0.25) is 14.4 Å². The number of nitrogens with zero attached hydrogens (tertiary/aromatic N) is 2. The molecule has 2 heterocycles. The molecule has 0 bridgehead atoms. The molecular weight excluding hydrogens is 790 g/mol. The second kappa shape index (κ2) is 31.9. The number of rotatable bonds is 13. The normalized spacial score (nSPS) is 17.0. The van der Waals surface area contributed by atoms with Crippen molar-refractivity contribution in [2.24, 2.45) is 5.73 Å². The number of hydrogen-bond acceptors (Lipinski definition) is 10. The van der Waals surface area contributed by atoms with Gasteiger partial charge < -0.3 is 50.0 Å². The molecule has 4 unspecified atom stereocenters. The lowest BCUT2D eigenvalue weighted by Crippen LogP contribution is -2.59. The van der Waals surface area contributed by atoms with Crippen LogP contribution in [0.2, 0.25) is 5.02 Å². The van der Waals surface area contributed by atoms with Crippen LogP contribution in [0.5, 0.6) is 5.75 Å². The molecule has 4 atom stereocenters. The molecule has 60 heavy (non-hydrogen) atoms. The molecule has 15 heteroatoms. The van der Waals surface area contributed by atoms with E-state index in [2.05, 4.69) is 28.2 Å². The lowest BCUT2D eigenvalue weighted by molar-refractivity contribution is -0.140. The predicted molar refractivity (Wildman–Crippen MR) is 235 cm³/mol. The first-order valence-electron chi connectivity index (χ1n) is 20.4. The maximum absolute atomic E-state index is 13.0. The molecule has 0 saturated carbocycles. The minimum Gasteiger partial charge on any atom is -0.490 e. The van der Waals surface area contributed by atoms with Gasteiger partial charge in [0.25, 0.3) is 0 Å². The second-order valence-electron chi connectivity index (χ2n) is 14.4. The van der Waals surface area contributed by atoms with E-state index in [-0.39, 0.29) is 43.1 Å². The number of amides is 4. The monoisotopic (exact) mass is 857 g/mol. The molecule has 14 nitrogen and oxygen atoms in total. The van der Waals surface area contributed by atoms with Gasteiger partial charge in [0, 0.05) is 57.5 Å². The van der Waals surface area contributed by atoms with Crippen LogP contribution < -0.4 is 21.1 Å². The smallest absolute Gasteiger partial charge is 0.408 e. The molecule has 0 aromatic heterocycles. The van der Waals surface area contributed by atoms with Crippen LogP contribution in [-0.4, -0.2) is 110 Å². The van der Waals surface area contributed by atoms with Crippen LogP contribution >= 0.6 is 11.6 Å². The number of aldehydes is 2. The maximum Gasteiger partial charge on any atom is 0.408 e. The van der Waals surface area contributed by atoms with Crippen molar-refractivity contribution in [1.29, 1.82) is 0 Å². The van der Waals surface area contributed by atoms with E-state index < -0.39 is 17.7 Å². The molecule has 0 radical (unpaired) electrons. The van der Waals surface area contributed by atoms with Gasteiger partial charge in [-0.15, -0.1) is 0 Å². The average molecular weight is 859 g/mol. The zero-order valence-corrected chi connectivity index (χ0v) is 37.7. The van der Waals surface area contributed by atoms with E-state index in [1.165, 1.54) is 19.5 Å². The Labute approximate surface area is 362 Å². The highest BCUT2D eigenvalue weighted by molar-refractivity contribution is 6.33. The summed E-state index contributed by atoms with van der Waals surface area (Å²) < 4.78 is 15.8. The highest BCUT2D eigenvalue weighted by Gasteiger charge is 2.41. The van der Waals surface area contributed by atoms with Gasteiger partial charge >= 0.3 is 6.09 Å². The number of benzene rings is 2. The predicted octanol–water partition coefficient (Wildman–Crippen LogP) is 6.09. The molecular formula is C45H68ClN5O9. The Balaban J connectivity index is 0.000000901. The van der Waals surface area contributed by atoms with Crippen molar-refractivity contribution in [1.82, 2.24) is 20.4 Å². The third kappa shape index (κ3) is 21.9. The molecule has 334 valence electrons. The lowest BCUT2D eigenvalue weighted by atomic mass is 10.1. The number of alkyl carbamates (subject to hydrolysis) is 1. The van der Waals surface area contributed by atoms with Crippen LogP contribution in [0.4, 0.5) is 4.79 Å². The Hall–Kier alpha value is -4.97. The van der Waals surface area contributed by atoms with Gasteiger partial charge in [-0.1, -0.05) is 73.7 Å². The fraction of sp³-hybridized carbons (Fsp3) is 0.556. The van der Waals surface area contributed by atoms with Crippen molar-refractivity contribution >= 4 is 48.5 Å². The Morgan fingerprint density at radius 2 is 1.67 bits per heavy atom. The quantitative estimate of drug-likeness (QED) is 0.121. The van der Waals surface area contributed by atoms with Crippen LogP contribution in [0.25, 0.3) is 0 Å². The standard InChI is InChI=1S/C17H18ClNO4.C17H29N3O4.C8H10O.C2H6.CH5N/c18-17-14(6-2-1-3-10-20)7-4-9-16(17)23-12-15(19-13-22)8-5-11-21;1-11-6-7-13-8-9-19(12(2)21)10-14(15(22)20(11)13)18-16(23)24-17(3,4)5;1-9-7-8-5-3-2-4-6-8;2*1-2/h4,7,9-11,13,15H,1,3,5,8,12H2,(H,19,22);11,13-14H,6-10H2,1-5H3,(H,18,23);2-6H,7H2,1H3;1-2H3;2H2,1H3. The fourth-order valence-electron chi connectivity index (χ4n) is 5.99. The van der Waals surface area contributed by atoms with Gasteiger partial charge in [0.15, 0.2) is 0 Å². The third-order valence-corrected chi connectivity index (χ3v) is 9.10. The summed E-state index contributed by atoms with van der Waals surface area (Å²) in [6, 6.07) is 14.6. The SMILES string of the molecule is CC.CC(=O)N1CCC2CCC(C)N2C(=O)C(NC(=O)OC(C)(C)C)C1.CN.COCc1ccccc1.O=CCCC#Cc1cccc(OCC(CCC=O)NC=O)c1Cl. The van der Waals surface area contributed by atoms with Crippen LogP contribution in [0.1, 0.15) is 105 Å². The molecule has 2 aromatic rings. The number of ether oxygens (including phenoxy) is 3. The summed E-state index contributed by atoms with van der Waals surface area (Å²) >= 11 is 6.24. The average Bonchev–Trinajstić information content (AvgIpc) is 3.59. The second-order valence-corrected chi connectivity index (χ2v) is 14.7. The Kier molecular flexibility index (Phi) is 29.2. The molecule has 0 aliphatic carbocycles. The number of carbonyl (C=O) groups is 6. The molecule has 0 spiro atoms. The summed E-state index contributed by atoms with van der Waals surface area (Å²) in [5.74, 6) is 6.01. The summed E-state index contributed by atoms with van der Waals surface area (Å²) in [6.45, 7) is 14.5. The minimum atomic E-state index is -0.771. The van der Waals surface area contributed by atoms with E-state index in [1.807, 2.05) is 56.0 Å². The Morgan fingerprint density at radius 1 is 1.00 bits per heavy atom. The molecule has 4 N–H and O–H groups in total. The van der Waals surface area contributed by atoms with Crippen LogP contribution in [0.15, 0.2) is 48.5 Å². The van der Waals surface area contributed by atoms with E-state index in [0.29, 0.717) is 61.6 Å². The first kappa shape index (κ1) is 55.0. The number of methoxy groups -OCH3 is 1. The number of fused-ring (bicyclic) bond motifs is 1. The van der Waals surface area contributed by atoms with Gasteiger partial charge in [0.1, 0.15) is 36.6 Å². The summed E-state index contributed by atoms with van der Waals surface area (Å²) in [5, 5.41) is 5.65. The lowest BCUT2D eigenvalue weighted by Gasteiger charge is -2.38. The maximum atomic E-state index is 13.0. The molecule has 2 aliphatic rings.